The van der Waals surface area contributed by atoms with Crippen LogP contribution in [0.15, 0.2) is 186 Å². The minimum absolute atomic E-state index is 0.888. The largest absolute Gasteiger partial charge is 0.456 e. The van der Waals surface area contributed by atoms with E-state index in [-0.39, 0.29) is 0 Å². The van der Waals surface area contributed by atoms with Gasteiger partial charge in [-0.15, -0.1) is 0 Å². The number of furan rings is 1. The highest BCUT2D eigenvalue weighted by Crippen LogP contribution is 2.51. The Morgan fingerprint density at radius 2 is 1.08 bits per heavy atom. The number of para-hydroxylation sites is 4. The van der Waals surface area contributed by atoms with Gasteiger partial charge in [-0.25, -0.2) is 0 Å². The van der Waals surface area contributed by atoms with Crippen molar-refractivity contribution in [2.45, 2.75) is 0 Å². The summed E-state index contributed by atoms with van der Waals surface area (Å²) in [5.74, 6) is 0. The maximum absolute atomic E-state index is 6.21. The quantitative estimate of drug-likeness (QED) is 0.184. The Kier molecular flexibility index (Phi) is 6.68. The van der Waals surface area contributed by atoms with Gasteiger partial charge in [0, 0.05) is 40.3 Å². The number of rotatable bonds is 5. The molecule has 2 heterocycles. The monoisotopic (exact) mass is 655 g/mol. The fraction of sp³-hybridized carbons (Fsp3) is 0.0213. The maximum Gasteiger partial charge on any atom is 0.135 e. The molecule has 0 unspecified atom stereocenters. The molecule has 0 bridgehead atoms. The second-order valence-corrected chi connectivity index (χ2v) is 13.1. The highest BCUT2D eigenvalue weighted by Gasteiger charge is 2.27. The molecule has 0 aliphatic carbocycles. The lowest BCUT2D eigenvalue weighted by molar-refractivity contribution is 0.669. The molecule has 1 aromatic heterocycles. The van der Waals surface area contributed by atoms with Gasteiger partial charge in [-0.3, -0.25) is 0 Å². The molecule has 0 radical (unpaired) electrons. The minimum Gasteiger partial charge on any atom is -0.456 e. The van der Waals surface area contributed by atoms with Gasteiger partial charge in [0.2, 0.25) is 0 Å². The van der Waals surface area contributed by atoms with Crippen molar-refractivity contribution in [3.05, 3.63) is 182 Å². The van der Waals surface area contributed by atoms with E-state index in [1.54, 1.807) is 0 Å². The molecule has 0 saturated carbocycles. The molecule has 9 aromatic rings. The second kappa shape index (κ2) is 11.7. The lowest BCUT2D eigenvalue weighted by atomic mass is 9.99. The van der Waals surface area contributed by atoms with E-state index in [9.17, 15) is 0 Å². The topological polar surface area (TPSA) is 22.9 Å². The van der Waals surface area contributed by atoms with E-state index in [1.807, 2.05) is 12.1 Å². The van der Waals surface area contributed by atoms with E-state index in [0.717, 1.165) is 61.6 Å². The van der Waals surface area contributed by atoms with Crippen LogP contribution in [0.25, 0.3) is 43.8 Å². The van der Waals surface area contributed by atoms with Gasteiger partial charge in [0.15, 0.2) is 0 Å². The molecule has 1 aliphatic rings. The summed E-state index contributed by atoms with van der Waals surface area (Å²) >= 11 is 0. The third kappa shape index (κ3) is 4.76. The van der Waals surface area contributed by atoms with Crippen molar-refractivity contribution in [3.8, 4) is 11.1 Å². The number of anilines is 8. The Bertz CT molecular complexity index is 2730. The van der Waals surface area contributed by atoms with Crippen LogP contribution < -0.4 is 14.7 Å². The first-order valence-corrected chi connectivity index (χ1v) is 17.3. The Hall–Kier alpha value is -6.78. The first kappa shape index (κ1) is 29.2. The molecule has 0 spiro atoms. The van der Waals surface area contributed by atoms with E-state index in [4.69, 9.17) is 4.42 Å². The Morgan fingerprint density at radius 1 is 0.431 bits per heavy atom. The molecule has 242 valence electrons. The molecule has 0 N–H and O–H groups in total. The van der Waals surface area contributed by atoms with Crippen LogP contribution >= 0.6 is 0 Å². The zero-order chi connectivity index (χ0) is 33.9. The van der Waals surface area contributed by atoms with Crippen molar-refractivity contribution in [1.82, 2.24) is 0 Å². The van der Waals surface area contributed by atoms with Crippen LogP contribution in [0.1, 0.15) is 0 Å². The van der Waals surface area contributed by atoms with E-state index < -0.39 is 0 Å². The van der Waals surface area contributed by atoms with Gasteiger partial charge in [0.05, 0.1) is 28.4 Å². The first-order valence-electron chi connectivity index (χ1n) is 17.3. The molecule has 0 atom stereocenters. The van der Waals surface area contributed by atoms with Gasteiger partial charge in [-0.05, 0) is 95.4 Å². The van der Waals surface area contributed by atoms with Gasteiger partial charge >= 0.3 is 0 Å². The molecule has 0 amide bonds. The number of fused-ring (bicyclic) bond motifs is 6. The smallest absolute Gasteiger partial charge is 0.135 e. The van der Waals surface area contributed by atoms with Crippen LogP contribution in [-0.4, -0.2) is 7.05 Å². The van der Waals surface area contributed by atoms with E-state index in [2.05, 4.69) is 192 Å². The van der Waals surface area contributed by atoms with Gasteiger partial charge < -0.3 is 19.1 Å². The summed E-state index contributed by atoms with van der Waals surface area (Å²) in [7, 11) is 2.16. The third-order valence-corrected chi connectivity index (χ3v) is 10.2. The van der Waals surface area contributed by atoms with E-state index in [0.29, 0.717) is 0 Å². The molecule has 10 rings (SSSR count). The van der Waals surface area contributed by atoms with Crippen molar-refractivity contribution in [3.63, 3.8) is 0 Å². The van der Waals surface area contributed by atoms with Crippen LogP contribution in [0, 0.1) is 0 Å². The highest BCUT2D eigenvalue weighted by molar-refractivity contribution is 6.07. The Labute approximate surface area is 296 Å². The molecule has 4 heteroatoms. The van der Waals surface area contributed by atoms with Crippen LogP contribution in [0.3, 0.4) is 0 Å². The highest BCUT2D eigenvalue weighted by atomic mass is 16.3. The van der Waals surface area contributed by atoms with Crippen molar-refractivity contribution >= 4 is 78.2 Å². The van der Waals surface area contributed by atoms with Crippen LogP contribution in [0.4, 0.5) is 45.5 Å². The predicted molar refractivity (Wildman–Crippen MR) is 214 cm³/mol. The average molecular weight is 656 g/mol. The standard InChI is InChI=1S/C47H33N3O/c1-48-42-18-8-9-19-43(42)50(35-14-3-2-4-15-35)44-28-24-34(30-45(44)48)32-22-25-36(26-23-32)49(41-20-11-13-33-12-5-6-16-38(33)41)37-27-29-47-40(31-37)39-17-7-10-21-46(39)51-47/h2-31H,1H3. The number of hydrogen-bond acceptors (Lipinski definition) is 4. The van der Waals surface area contributed by atoms with Crippen LogP contribution in [0.2, 0.25) is 0 Å². The molecule has 0 saturated heterocycles. The average Bonchev–Trinajstić information content (AvgIpc) is 3.57. The summed E-state index contributed by atoms with van der Waals surface area (Å²) in [5.41, 5.74) is 13.2. The third-order valence-electron chi connectivity index (χ3n) is 10.2. The number of hydrogen-bond donors (Lipinski definition) is 0. The first-order chi connectivity index (χ1) is 25.2. The Morgan fingerprint density at radius 3 is 1.94 bits per heavy atom. The number of benzene rings is 8. The van der Waals surface area contributed by atoms with E-state index >= 15 is 0 Å². The van der Waals surface area contributed by atoms with Crippen molar-refractivity contribution in [2.75, 3.05) is 21.7 Å². The zero-order valence-electron chi connectivity index (χ0n) is 28.1. The minimum atomic E-state index is 0.888. The summed E-state index contributed by atoms with van der Waals surface area (Å²) in [5, 5.41) is 4.63. The van der Waals surface area contributed by atoms with E-state index in [1.165, 1.54) is 27.7 Å². The number of nitrogens with zero attached hydrogens (tertiary/aromatic N) is 3. The molecule has 51 heavy (non-hydrogen) atoms. The van der Waals surface area contributed by atoms with Crippen molar-refractivity contribution in [1.29, 1.82) is 0 Å². The van der Waals surface area contributed by atoms with Crippen molar-refractivity contribution in [2.24, 2.45) is 0 Å². The summed E-state index contributed by atoms with van der Waals surface area (Å²) in [4.78, 5) is 7.03. The molecule has 1 aliphatic heterocycles. The predicted octanol–water partition coefficient (Wildman–Crippen LogP) is 13.4. The lowest BCUT2D eigenvalue weighted by Gasteiger charge is -2.38. The molecular weight excluding hydrogens is 623 g/mol. The van der Waals surface area contributed by atoms with Gasteiger partial charge in [-0.1, -0.05) is 103 Å². The summed E-state index contributed by atoms with van der Waals surface area (Å²) in [6.45, 7) is 0. The molecule has 4 nitrogen and oxygen atoms in total. The normalized spacial score (nSPS) is 12.3. The molecular formula is C47H33N3O. The fourth-order valence-corrected chi connectivity index (χ4v) is 7.70. The van der Waals surface area contributed by atoms with Crippen LogP contribution in [0.5, 0.6) is 0 Å². The van der Waals surface area contributed by atoms with Crippen LogP contribution in [-0.2, 0) is 0 Å². The Balaban J connectivity index is 1.09. The molecule has 0 fully saturated rings. The van der Waals surface area contributed by atoms with Crippen molar-refractivity contribution < 1.29 is 4.42 Å². The summed E-state index contributed by atoms with van der Waals surface area (Å²) < 4.78 is 6.21. The summed E-state index contributed by atoms with van der Waals surface area (Å²) in [6.07, 6.45) is 0. The second-order valence-electron chi connectivity index (χ2n) is 13.1. The van der Waals surface area contributed by atoms with Gasteiger partial charge in [0.1, 0.15) is 11.2 Å². The maximum atomic E-state index is 6.21. The van der Waals surface area contributed by atoms with Gasteiger partial charge in [-0.2, -0.15) is 0 Å². The summed E-state index contributed by atoms with van der Waals surface area (Å²) in [6, 6.07) is 64.9. The SMILES string of the molecule is CN1c2ccccc2N(c2ccccc2)c2ccc(-c3ccc(N(c4ccc5oc6ccccc6c5c4)c4cccc5ccccc45)cc3)cc21. The fourth-order valence-electron chi connectivity index (χ4n) is 7.70. The molecule has 8 aromatic carbocycles. The lowest BCUT2D eigenvalue weighted by Crippen LogP contribution is -2.24. The zero-order valence-corrected chi connectivity index (χ0v) is 28.1. The van der Waals surface area contributed by atoms with Gasteiger partial charge in [0.25, 0.3) is 0 Å².